The van der Waals surface area contributed by atoms with Gasteiger partial charge in [-0.1, -0.05) is 18.2 Å². The molecule has 0 atom stereocenters. The Morgan fingerprint density at radius 2 is 1.36 bits per heavy atom. The molecule has 1 heterocycles. The van der Waals surface area contributed by atoms with Gasteiger partial charge < -0.3 is 5.32 Å². The van der Waals surface area contributed by atoms with Crippen LogP contribution in [0.4, 0.5) is 5.69 Å². The summed E-state index contributed by atoms with van der Waals surface area (Å²) in [6.45, 7) is 10.8. The molecular weight excluding hydrogens is 270 g/mol. The van der Waals surface area contributed by atoms with E-state index >= 15 is 0 Å². The van der Waals surface area contributed by atoms with E-state index in [2.05, 4.69) is 39.9 Å². The van der Waals surface area contributed by atoms with Crippen LogP contribution in [-0.2, 0) is 4.79 Å². The van der Waals surface area contributed by atoms with Gasteiger partial charge in [0, 0.05) is 16.8 Å². The van der Waals surface area contributed by atoms with E-state index in [0.717, 1.165) is 16.8 Å². The van der Waals surface area contributed by atoms with Gasteiger partial charge in [-0.15, -0.1) is 0 Å². The fourth-order valence-electron chi connectivity index (χ4n) is 3.17. The first kappa shape index (κ1) is 14.6. The monoisotopic (exact) mass is 291 g/mol. The number of hydrogen-bond acceptors (Lipinski definition) is 1. The van der Waals surface area contributed by atoms with Crippen molar-refractivity contribution in [3.05, 3.63) is 63.2 Å². The third kappa shape index (κ3) is 2.07. The second-order valence-electron chi connectivity index (χ2n) is 6.10. The minimum Gasteiger partial charge on any atom is -0.321 e. The largest absolute Gasteiger partial charge is 0.321 e. The Labute approximate surface area is 131 Å². The van der Waals surface area contributed by atoms with Gasteiger partial charge in [0.05, 0.1) is 0 Å². The molecule has 0 bridgehead atoms. The lowest BCUT2D eigenvalue weighted by Gasteiger charge is -2.17. The highest BCUT2D eigenvalue weighted by molar-refractivity contribution is 6.35. The van der Waals surface area contributed by atoms with E-state index < -0.39 is 0 Å². The van der Waals surface area contributed by atoms with Gasteiger partial charge in [0.2, 0.25) is 0 Å². The highest BCUT2D eigenvalue weighted by Crippen LogP contribution is 2.35. The van der Waals surface area contributed by atoms with E-state index in [1.54, 1.807) is 0 Å². The molecule has 2 nitrogen and oxygen atoms in total. The molecule has 0 radical (unpaired) electrons. The number of nitrogens with one attached hydrogen (secondary N) is 1. The van der Waals surface area contributed by atoms with Crippen molar-refractivity contribution in [2.24, 2.45) is 0 Å². The van der Waals surface area contributed by atoms with Crippen molar-refractivity contribution in [3.63, 3.8) is 0 Å². The Kier molecular flexibility index (Phi) is 3.40. The Morgan fingerprint density at radius 1 is 0.818 bits per heavy atom. The molecule has 0 unspecified atom stereocenters. The Balaban J connectivity index is 2.25. The third-order valence-electron chi connectivity index (χ3n) is 5.06. The van der Waals surface area contributed by atoms with Crippen LogP contribution in [0.25, 0.3) is 11.6 Å². The maximum atomic E-state index is 12.3. The lowest BCUT2D eigenvalue weighted by Crippen LogP contribution is -2.05. The van der Waals surface area contributed by atoms with E-state index in [9.17, 15) is 4.79 Å². The van der Waals surface area contributed by atoms with Crippen molar-refractivity contribution < 1.29 is 4.79 Å². The lowest BCUT2D eigenvalue weighted by molar-refractivity contribution is -0.110. The van der Waals surface area contributed by atoms with Crippen LogP contribution in [0.1, 0.15) is 38.9 Å². The number of carbonyl (C=O) groups is 1. The van der Waals surface area contributed by atoms with Crippen LogP contribution < -0.4 is 5.32 Å². The second kappa shape index (κ2) is 5.13. The normalized spacial score (nSPS) is 15.1. The summed E-state index contributed by atoms with van der Waals surface area (Å²) >= 11 is 0. The molecule has 1 aliphatic rings. The fourth-order valence-corrected chi connectivity index (χ4v) is 3.17. The Hall–Kier alpha value is -2.35. The minimum atomic E-state index is -0.0177. The van der Waals surface area contributed by atoms with E-state index in [-0.39, 0.29) is 5.91 Å². The fraction of sp³-hybridized carbons (Fsp3) is 0.250. The van der Waals surface area contributed by atoms with Crippen LogP contribution in [0.2, 0.25) is 0 Å². The quantitative estimate of drug-likeness (QED) is 0.757. The zero-order valence-corrected chi connectivity index (χ0v) is 13.8. The molecule has 0 saturated carbocycles. The summed E-state index contributed by atoms with van der Waals surface area (Å²) < 4.78 is 0. The summed E-state index contributed by atoms with van der Waals surface area (Å²) in [6, 6.07) is 7.86. The Morgan fingerprint density at radius 3 is 2.00 bits per heavy atom. The van der Waals surface area contributed by atoms with E-state index in [1.807, 2.05) is 30.3 Å². The molecule has 2 aromatic rings. The molecule has 0 fully saturated rings. The molecule has 2 aromatic carbocycles. The lowest BCUT2D eigenvalue weighted by atomic mass is 9.88. The van der Waals surface area contributed by atoms with E-state index in [0.29, 0.717) is 0 Å². The van der Waals surface area contributed by atoms with Crippen molar-refractivity contribution in [3.8, 4) is 0 Å². The van der Waals surface area contributed by atoms with Crippen LogP contribution in [0.3, 0.4) is 0 Å². The topological polar surface area (TPSA) is 29.1 Å². The smallest absolute Gasteiger partial charge is 0.256 e. The zero-order chi connectivity index (χ0) is 16.0. The number of amides is 1. The zero-order valence-electron chi connectivity index (χ0n) is 13.8. The van der Waals surface area contributed by atoms with Gasteiger partial charge in [0.1, 0.15) is 0 Å². The van der Waals surface area contributed by atoms with E-state index in [4.69, 9.17) is 0 Å². The molecule has 1 amide bonds. The number of rotatable bonds is 1. The van der Waals surface area contributed by atoms with Crippen LogP contribution >= 0.6 is 0 Å². The highest BCUT2D eigenvalue weighted by atomic mass is 16.2. The highest BCUT2D eigenvalue weighted by Gasteiger charge is 2.24. The minimum absolute atomic E-state index is 0.0177. The van der Waals surface area contributed by atoms with Gasteiger partial charge in [-0.2, -0.15) is 0 Å². The summed E-state index contributed by atoms with van der Waals surface area (Å²) in [5.74, 6) is -0.0177. The molecule has 2 heteroatoms. The first-order valence-electron chi connectivity index (χ1n) is 7.61. The summed E-state index contributed by atoms with van der Waals surface area (Å²) in [7, 11) is 0. The van der Waals surface area contributed by atoms with Gasteiger partial charge >= 0.3 is 0 Å². The van der Waals surface area contributed by atoms with Crippen molar-refractivity contribution >= 4 is 23.2 Å². The molecular formula is C20H21NO. The maximum Gasteiger partial charge on any atom is 0.256 e. The SMILES string of the molecule is Cc1c(C)c(C)c(/C=C2\C(=O)Nc3ccccc32)c(C)c1C. The van der Waals surface area contributed by atoms with Crippen LogP contribution in [0.5, 0.6) is 0 Å². The third-order valence-corrected chi connectivity index (χ3v) is 5.06. The number of anilines is 1. The molecule has 1 N–H and O–H groups in total. The van der Waals surface area contributed by atoms with Crippen molar-refractivity contribution in [1.82, 2.24) is 0 Å². The predicted octanol–water partition coefficient (Wildman–Crippen LogP) is 4.72. The van der Waals surface area contributed by atoms with Crippen molar-refractivity contribution in [2.45, 2.75) is 34.6 Å². The number of hydrogen-bond donors (Lipinski definition) is 1. The molecule has 0 aromatic heterocycles. The van der Waals surface area contributed by atoms with Crippen LogP contribution in [0.15, 0.2) is 24.3 Å². The van der Waals surface area contributed by atoms with Gasteiger partial charge in [0.25, 0.3) is 5.91 Å². The van der Waals surface area contributed by atoms with Crippen molar-refractivity contribution in [2.75, 3.05) is 5.32 Å². The summed E-state index contributed by atoms with van der Waals surface area (Å²) in [4.78, 5) is 12.3. The first-order valence-corrected chi connectivity index (χ1v) is 7.61. The molecule has 112 valence electrons. The average Bonchev–Trinajstić information content (AvgIpc) is 2.83. The molecule has 22 heavy (non-hydrogen) atoms. The second-order valence-corrected chi connectivity index (χ2v) is 6.10. The number of fused-ring (bicyclic) bond motifs is 1. The average molecular weight is 291 g/mol. The van der Waals surface area contributed by atoms with Gasteiger partial charge in [-0.25, -0.2) is 0 Å². The first-order chi connectivity index (χ1) is 10.4. The Bertz CT molecular complexity index is 799. The molecule has 1 aliphatic heterocycles. The van der Waals surface area contributed by atoms with Crippen LogP contribution in [0, 0.1) is 34.6 Å². The standard InChI is InChI=1S/C20H21NO/c1-11-12(2)14(4)17(15(5)13(11)3)10-18-16-8-6-7-9-19(16)21-20(18)22/h6-10H,1-5H3,(H,21,22)/b18-10-. The van der Waals surface area contributed by atoms with Crippen molar-refractivity contribution in [1.29, 1.82) is 0 Å². The van der Waals surface area contributed by atoms with Crippen LogP contribution in [-0.4, -0.2) is 5.91 Å². The maximum absolute atomic E-state index is 12.3. The summed E-state index contributed by atoms with van der Waals surface area (Å²) in [5.41, 5.74) is 10.3. The summed E-state index contributed by atoms with van der Waals surface area (Å²) in [6.07, 6.45) is 2.05. The number of para-hydroxylation sites is 1. The summed E-state index contributed by atoms with van der Waals surface area (Å²) in [5, 5.41) is 2.94. The van der Waals surface area contributed by atoms with Gasteiger partial charge in [-0.3, -0.25) is 4.79 Å². The number of benzene rings is 2. The molecule has 0 spiro atoms. The van der Waals surface area contributed by atoms with E-state index in [1.165, 1.54) is 33.4 Å². The molecule has 0 saturated heterocycles. The number of carbonyl (C=O) groups excluding carboxylic acids is 1. The van der Waals surface area contributed by atoms with Gasteiger partial charge in [-0.05, 0) is 80.1 Å². The van der Waals surface area contributed by atoms with Gasteiger partial charge in [0.15, 0.2) is 0 Å². The molecule has 0 aliphatic carbocycles. The molecule has 3 rings (SSSR count). The predicted molar refractivity (Wildman–Crippen MR) is 93.1 cm³/mol.